The normalized spacial score (nSPS) is 16.9. The van der Waals surface area contributed by atoms with Crippen molar-refractivity contribution >= 4 is 39.1 Å². The molecule has 1 aliphatic heterocycles. The Kier molecular flexibility index (Phi) is 4.94. The number of halogens is 1. The van der Waals surface area contributed by atoms with E-state index in [4.69, 9.17) is 9.47 Å². The van der Waals surface area contributed by atoms with Crippen LogP contribution in [0.1, 0.15) is 13.8 Å². The number of hydrogen-bond donors (Lipinski definition) is 2. The third-order valence-electron chi connectivity index (χ3n) is 3.67. The van der Waals surface area contributed by atoms with Gasteiger partial charge in [0, 0.05) is 10.2 Å². The van der Waals surface area contributed by atoms with Gasteiger partial charge in [0.1, 0.15) is 11.5 Å². The molecule has 0 unspecified atom stereocenters. The maximum atomic E-state index is 12.3. The van der Waals surface area contributed by atoms with Crippen LogP contribution >= 0.6 is 15.9 Å². The number of anilines is 2. The molecule has 6 nitrogen and oxygen atoms in total. The molecule has 1 heterocycles. The molecule has 2 aromatic rings. The average molecular weight is 405 g/mol. The predicted molar refractivity (Wildman–Crippen MR) is 98.0 cm³/mol. The quantitative estimate of drug-likeness (QED) is 0.816. The van der Waals surface area contributed by atoms with Crippen molar-refractivity contribution in [2.45, 2.75) is 26.1 Å². The summed E-state index contributed by atoms with van der Waals surface area (Å²) in [4.78, 5) is 24.0. The van der Waals surface area contributed by atoms with Crippen LogP contribution in [0.3, 0.4) is 0 Å². The molecule has 2 atom stereocenters. The molecule has 0 spiro atoms. The van der Waals surface area contributed by atoms with E-state index in [-0.39, 0.29) is 11.8 Å². The zero-order valence-electron chi connectivity index (χ0n) is 13.7. The molecule has 7 heteroatoms. The summed E-state index contributed by atoms with van der Waals surface area (Å²) in [7, 11) is 0. The second-order valence-corrected chi connectivity index (χ2v) is 6.58. The third-order valence-corrected chi connectivity index (χ3v) is 4.20. The molecular formula is C18H17BrN2O4. The first-order valence-corrected chi connectivity index (χ1v) is 8.56. The molecule has 25 heavy (non-hydrogen) atoms. The minimum Gasteiger partial charge on any atom is -0.481 e. The van der Waals surface area contributed by atoms with Gasteiger partial charge in [0.2, 0.25) is 0 Å². The van der Waals surface area contributed by atoms with Crippen LogP contribution in [0.2, 0.25) is 0 Å². The Morgan fingerprint density at radius 2 is 2.00 bits per heavy atom. The molecular weight excluding hydrogens is 388 g/mol. The summed E-state index contributed by atoms with van der Waals surface area (Å²) >= 11 is 3.35. The lowest BCUT2D eigenvalue weighted by atomic mass is 10.2. The molecule has 0 fully saturated rings. The van der Waals surface area contributed by atoms with E-state index < -0.39 is 12.2 Å². The number of carbonyl (C=O) groups excluding carboxylic acids is 2. The molecule has 1 aliphatic rings. The SMILES string of the molecule is C[C@H](Oc1ccc(Br)cc1)C(=O)Nc1ccc2c(c1)NC(=O)[C@H](C)O2. The second-order valence-electron chi connectivity index (χ2n) is 5.66. The number of fused-ring (bicyclic) bond motifs is 1. The highest BCUT2D eigenvalue weighted by Gasteiger charge is 2.24. The van der Waals surface area contributed by atoms with Gasteiger partial charge >= 0.3 is 0 Å². The molecule has 130 valence electrons. The van der Waals surface area contributed by atoms with Gasteiger partial charge in [0.05, 0.1) is 5.69 Å². The van der Waals surface area contributed by atoms with Crippen molar-refractivity contribution < 1.29 is 19.1 Å². The number of ether oxygens (including phenoxy) is 2. The van der Waals surface area contributed by atoms with Crippen LogP contribution in [-0.4, -0.2) is 24.0 Å². The van der Waals surface area contributed by atoms with Crippen LogP contribution in [0.15, 0.2) is 46.9 Å². The van der Waals surface area contributed by atoms with E-state index in [1.165, 1.54) is 0 Å². The summed E-state index contributed by atoms with van der Waals surface area (Å²) in [5.74, 6) is 0.664. The first-order valence-electron chi connectivity index (χ1n) is 7.77. The maximum Gasteiger partial charge on any atom is 0.265 e. The van der Waals surface area contributed by atoms with E-state index in [0.717, 1.165) is 4.47 Å². The summed E-state index contributed by atoms with van der Waals surface area (Å²) < 4.78 is 12.0. The van der Waals surface area contributed by atoms with Crippen LogP contribution < -0.4 is 20.1 Å². The number of rotatable bonds is 4. The van der Waals surface area contributed by atoms with Crippen molar-refractivity contribution in [1.82, 2.24) is 0 Å². The van der Waals surface area contributed by atoms with Crippen LogP contribution in [-0.2, 0) is 9.59 Å². The molecule has 3 rings (SSSR count). The molecule has 0 saturated heterocycles. The Morgan fingerprint density at radius 3 is 2.72 bits per heavy atom. The average Bonchev–Trinajstić information content (AvgIpc) is 2.58. The lowest BCUT2D eigenvalue weighted by molar-refractivity contribution is -0.123. The first-order chi connectivity index (χ1) is 11.9. The highest BCUT2D eigenvalue weighted by Crippen LogP contribution is 2.32. The molecule has 0 aromatic heterocycles. The van der Waals surface area contributed by atoms with Gasteiger partial charge in [-0.3, -0.25) is 9.59 Å². The third kappa shape index (κ3) is 4.11. The van der Waals surface area contributed by atoms with Gasteiger partial charge in [0.15, 0.2) is 12.2 Å². The summed E-state index contributed by atoms with van der Waals surface area (Å²) in [5, 5.41) is 5.52. The summed E-state index contributed by atoms with van der Waals surface area (Å²) in [6.45, 7) is 3.34. The topological polar surface area (TPSA) is 76.7 Å². The molecule has 0 saturated carbocycles. The van der Waals surface area contributed by atoms with Gasteiger partial charge in [-0.1, -0.05) is 15.9 Å². The Balaban J connectivity index is 1.65. The Labute approximate surface area is 153 Å². The zero-order chi connectivity index (χ0) is 18.0. The van der Waals surface area contributed by atoms with E-state index in [1.54, 1.807) is 44.2 Å². The van der Waals surface area contributed by atoms with Crippen LogP contribution in [0.25, 0.3) is 0 Å². The lowest BCUT2D eigenvalue weighted by Gasteiger charge is -2.24. The second kappa shape index (κ2) is 7.14. The smallest absolute Gasteiger partial charge is 0.265 e. The Bertz CT molecular complexity index is 807. The Hall–Kier alpha value is -2.54. The van der Waals surface area contributed by atoms with Crippen molar-refractivity contribution in [3.63, 3.8) is 0 Å². The van der Waals surface area contributed by atoms with Gasteiger partial charge in [-0.25, -0.2) is 0 Å². The Morgan fingerprint density at radius 1 is 1.28 bits per heavy atom. The van der Waals surface area contributed by atoms with Gasteiger partial charge in [0.25, 0.3) is 11.8 Å². The van der Waals surface area contributed by atoms with E-state index in [9.17, 15) is 9.59 Å². The summed E-state index contributed by atoms with van der Waals surface area (Å²) in [6, 6.07) is 12.3. The number of nitrogens with one attached hydrogen (secondary N) is 2. The van der Waals surface area contributed by atoms with Crippen LogP contribution in [0, 0.1) is 0 Å². The molecule has 2 N–H and O–H groups in total. The largest absolute Gasteiger partial charge is 0.481 e. The fraction of sp³-hybridized carbons (Fsp3) is 0.222. The fourth-order valence-electron chi connectivity index (χ4n) is 2.30. The number of amides is 2. The van der Waals surface area contributed by atoms with E-state index in [1.807, 2.05) is 12.1 Å². The standard InChI is InChI=1S/C18H17BrN2O4/c1-10(24-14-6-3-12(19)4-7-14)17(22)20-13-5-8-16-15(9-13)21-18(23)11(2)25-16/h3-11H,1-2H3,(H,20,22)(H,21,23)/t10-,11-/m0/s1. The predicted octanol–water partition coefficient (Wildman–Crippen LogP) is 3.57. The molecule has 2 aromatic carbocycles. The molecule has 2 amide bonds. The fourth-order valence-corrected chi connectivity index (χ4v) is 2.57. The minimum absolute atomic E-state index is 0.220. The number of benzene rings is 2. The number of hydrogen-bond acceptors (Lipinski definition) is 4. The van der Waals surface area contributed by atoms with Gasteiger partial charge in [-0.05, 0) is 56.3 Å². The monoisotopic (exact) mass is 404 g/mol. The molecule has 0 aliphatic carbocycles. The van der Waals surface area contributed by atoms with Crippen molar-refractivity contribution in [1.29, 1.82) is 0 Å². The van der Waals surface area contributed by atoms with Crippen molar-refractivity contribution in [2.75, 3.05) is 10.6 Å². The van der Waals surface area contributed by atoms with Crippen molar-refractivity contribution in [3.05, 3.63) is 46.9 Å². The van der Waals surface area contributed by atoms with Crippen molar-refractivity contribution in [3.8, 4) is 11.5 Å². The van der Waals surface area contributed by atoms with E-state index in [0.29, 0.717) is 22.9 Å². The first kappa shape index (κ1) is 17.3. The zero-order valence-corrected chi connectivity index (χ0v) is 15.3. The van der Waals surface area contributed by atoms with Gasteiger partial charge in [-0.2, -0.15) is 0 Å². The van der Waals surface area contributed by atoms with Gasteiger partial charge in [-0.15, -0.1) is 0 Å². The van der Waals surface area contributed by atoms with Crippen LogP contribution in [0.4, 0.5) is 11.4 Å². The molecule has 0 radical (unpaired) electrons. The highest BCUT2D eigenvalue weighted by molar-refractivity contribution is 9.10. The number of carbonyl (C=O) groups is 2. The van der Waals surface area contributed by atoms with Crippen molar-refractivity contribution in [2.24, 2.45) is 0 Å². The summed E-state index contributed by atoms with van der Waals surface area (Å²) in [5.41, 5.74) is 1.08. The van der Waals surface area contributed by atoms with E-state index in [2.05, 4.69) is 26.6 Å². The minimum atomic E-state index is -0.678. The van der Waals surface area contributed by atoms with Crippen LogP contribution in [0.5, 0.6) is 11.5 Å². The maximum absolute atomic E-state index is 12.3. The van der Waals surface area contributed by atoms with E-state index >= 15 is 0 Å². The highest BCUT2D eigenvalue weighted by atomic mass is 79.9. The van der Waals surface area contributed by atoms with Gasteiger partial charge < -0.3 is 20.1 Å². The summed E-state index contributed by atoms with van der Waals surface area (Å²) in [6.07, 6.45) is -1.21. The lowest BCUT2D eigenvalue weighted by Crippen LogP contribution is -2.34. The molecule has 0 bridgehead atoms.